The summed E-state index contributed by atoms with van der Waals surface area (Å²) in [5.74, 6) is 0.318. The number of rotatable bonds is 8. The van der Waals surface area contributed by atoms with Gasteiger partial charge in [-0.15, -0.1) is 0 Å². The van der Waals surface area contributed by atoms with E-state index in [-0.39, 0.29) is 5.69 Å². The van der Waals surface area contributed by atoms with E-state index in [1.807, 2.05) is 0 Å². The second-order valence-electron chi connectivity index (χ2n) is 4.22. The monoisotopic (exact) mass is 252 g/mol. The number of non-ortho nitro benzene ring substituents is 1. The number of nitrogens with two attached hydrogens (primary N) is 2. The van der Waals surface area contributed by atoms with Crippen LogP contribution in [-0.4, -0.2) is 31.1 Å². The molecule has 18 heavy (non-hydrogen) atoms. The summed E-state index contributed by atoms with van der Waals surface area (Å²) in [4.78, 5) is 10.1. The van der Waals surface area contributed by atoms with E-state index < -0.39 is 4.92 Å². The molecule has 100 valence electrons. The van der Waals surface area contributed by atoms with Gasteiger partial charge in [-0.1, -0.05) is 12.1 Å². The number of hydrogen-bond acceptors (Lipinski definition) is 5. The molecule has 1 unspecified atom stereocenters. The molecule has 1 aromatic rings. The van der Waals surface area contributed by atoms with Gasteiger partial charge in [0.2, 0.25) is 0 Å². The molecule has 0 bridgehead atoms. The highest BCUT2D eigenvalue weighted by Crippen LogP contribution is 2.14. The molecular weight excluding hydrogens is 232 g/mol. The zero-order valence-corrected chi connectivity index (χ0v) is 10.3. The van der Waals surface area contributed by atoms with Gasteiger partial charge in [-0.25, -0.2) is 0 Å². The highest BCUT2D eigenvalue weighted by atomic mass is 16.6. The highest BCUT2D eigenvalue weighted by Gasteiger charge is 2.09. The van der Waals surface area contributed by atoms with Crippen LogP contribution >= 0.6 is 0 Å². The van der Waals surface area contributed by atoms with Gasteiger partial charge in [0.05, 0.1) is 4.92 Å². The van der Waals surface area contributed by atoms with Gasteiger partial charge in [-0.05, 0) is 31.0 Å². The van der Waals surface area contributed by atoms with Crippen LogP contribution in [0.5, 0.6) is 0 Å². The Morgan fingerprint density at radius 3 is 2.44 bits per heavy atom. The van der Waals surface area contributed by atoms with Gasteiger partial charge in [0.15, 0.2) is 0 Å². The first-order chi connectivity index (χ1) is 8.67. The van der Waals surface area contributed by atoms with E-state index in [0.717, 1.165) is 25.1 Å². The molecule has 0 aliphatic rings. The van der Waals surface area contributed by atoms with Crippen molar-refractivity contribution in [2.45, 2.75) is 6.42 Å². The van der Waals surface area contributed by atoms with Gasteiger partial charge < -0.3 is 16.8 Å². The van der Waals surface area contributed by atoms with Crippen LogP contribution in [0.2, 0.25) is 0 Å². The first-order valence-electron chi connectivity index (χ1n) is 6.01. The first-order valence-corrected chi connectivity index (χ1v) is 6.01. The number of nitro benzene ring substituents is 1. The lowest BCUT2D eigenvalue weighted by atomic mass is 9.99. The molecule has 0 saturated heterocycles. The van der Waals surface area contributed by atoms with E-state index in [9.17, 15) is 10.1 Å². The van der Waals surface area contributed by atoms with Gasteiger partial charge in [-0.2, -0.15) is 0 Å². The second-order valence-corrected chi connectivity index (χ2v) is 4.22. The van der Waals surface area contributed by atoms with Crippen LogP contribution in [0.25, 0.3) is 0 Å². The van der Waals surface area contributed by atoms with E-state index in [1.165, 1.54) is 12.1 Å². The summed E-state index contributed by atoms with van der Waals surface area (Å²) in [7, 11) is 0. The summed E-state index contributed by atoms with van der Waals surface area (Å²) < 4.78 is 0. The number of nitrogens with zero attached hydrogens (tertiary/aromatic N) is 1. The topological polar surface area (TPSA) is 107 Å². The third kappa shape index (κ3) is 4.79. The average Bonchev–Trinajstić information content (AvgIpc) is 2.38. The summed E-state index contributed by atoms with van der Waals surface area (Å²) in [6, 6.07) is 6.61. The van der Waals surface area contributed by atoms with Crippen molar-refractivity contribution in [2.75, 3.05) is 26.2 Å². The van der Waals surface area contributed by atoms with Crippen LogP contribution in [0, 0.1) is 16.0 Å². The Morgan fingerprint density at radius 1 is 1.28 bits per heavy atom. The Bertz CT molecular complexity index is 367. The molecule has 0 aromatic heterocycles. The minimum absolute atomic E-state index is 0.115. The van der Waals surface area contributed by atoms with Crippen LogP contribution < -0.4 is 16.8 Å². The van der Waals surface area contributed by atoms with Crippen molar-refractivity contribution in [3.8, 4) is 0 Å². The van der Waals surface area contributed by atoms with E-state index in [2.05, 4.69) is 5.32 Å². The maximum Gasteiger partial charge on any atom is 0.269 e. The van der Waals surface area contributed by atoms with Crippen molar-refractivity contribution in [1.29, 1.82) is 0 Å². The highest BCUT2D eigenvalue weighted by molar-refractivity contribution is 5.33. The lowest BCUT2D eigenvalue weighted by Gasteiger charge is -2.15. The molecule has 0 spiro atoms. The summed E-state index contributed by atoms with van der Waals surface area (Å²) >= 11 is 0. The molecule has 1 atom stereocenters. The Morgan fingerprint density at radius 2 is 1.94 bits per heavy atom. The Kier molecular flexibility index (Phi) is 6.27. The maximum absolute atomic E-state index is 10.5. The SMILES string of the molecule is NCCNCC(CN)Cc1ccc([N+](=O)[O-])cc1. The molecule has 1 aromatic carbocycles. The fraction of sp³-hybridized carbons (Fsp3) is 0.500. The van der Waals surface area contributed by atoms with Crippen molar-refractivity contribution >= 4 is 5.69 Å². The van der Waals surface area contributed by atoms with Gasteiger partial charge in [-0.3, -0.25) is 10.1 Å². The summed E-state index contributed by atoms with van der Waals surface area (Å²) in [6.45, 7) is 2.77. The van der Waals surface area contributed by atoms with Gasteiger partial charge >= 0.3 is 0 Å². The largest absolute Gasteiger partial charge is 0.330 e. The van der Waals surface area contributed by atoms with Crippen molar-refractivity contribution in [3.05, 3.63) is 39.9 Å². The minimum Gasteiger partial charge on any atom is -0.330 e. The molecule has 0 radical (unpaired) electrons. The van der Waals surface area contributed by atoms with Crippen LogP contribution in [-0.2, 0) is 6.42 Å². The number of hydrogen-bond donors (Lipinski definition) is 3. The van der Waals surface area contributed by atoms with Crippen LogP contribution in [0.3, 0.4) is 0 Å². The molecule has 0 fully saturated rings. The summed E-state index contributed by atoms with van der Waals surface area (Å²) in [5.41, 5.74) is 12.3. The predicted molar refractivity (Wildman–Crippen MR) is 71.3 cm³/mol. The van der Waals surface area contributed by atoms with Crippen molar-refractivity contribution < 1.29 is 4.92 Å². The van der Waals surface area contributed by atoms with Crippen molar-refractivity contribution in [3.63, 3.8) is 0 Å². The molecule has 5 N–H and O–H groups in total. The quantitative estimate of drug-likeness (QED) is 0.349. The van der Waals surface area contributed by atoms with E-state index in [1.54, 1.807) is 12.1 Å². The molecule has 0 aliphatic carbocycles. The van der Waals surface area contributed by atoms with Crippen LogP contribution in [0.15, 0.2) is 24.3 Å². The Balaban J connectivity index is 2.50. The van der Waals surface area contributed by atoms with Gasteiger partial charge in [0, 0.05) is 25.2 Å². The van der Waals surface area contributed by atoms with Crippen LogP contribution in [0.1, 0.15) is 5.56 Å². The molecule has 0 heterocycles. The zero-order valence-electron chi connectivity index (χ0n) is 10.3. The molecule has 0 saturated carbocycles. The van der Waals surface area contributed by atoms with E-state index >= 15 is 0 Å². The molecule has 6 heteroatoms. The molecular formula is C12H20N4O2. The van der Waals surface area contributed by atoms with Gasteiger partial charge in [0.1, 0.15) is 0 Å². The standard InChI is InChI=1S/C12H20N4O2/c13-5-6-15-9-11(8-14)7-10-1-3-12(4-2-10)16(17)18/h1-4,11,15H,5-9,13-14H2. The molecule has 0 aliphatic heterocycles. The first kappa shape index (κ1) is 14.6. The average molecular weight is 252 g/mol. The second kappa shape index (κ2) is 7.75. The van der Waals surface area contributed by atoms with E-state index in [4.69, 9.17) is 11.5 Å². The summed E-state index contributed by atoms with van der Waals surface area (Å²) in [6.07, 6.45) is 0.812. The maximum atomic E-state index is 10.5. The molecule has 6 nitrogen and oxygen atoms in total. The number of nitrogens with one attached hydrogen (secondary N) is 1. The zero-order chi connectivity index (χ0) is 13.4. The predicted octanol–water partition coefficient (Wildman–Crippen LogP) is 0.261. The van der Waals surface area contributed by atoms with Gasteiger partial charge in [0.25, 0.3) is 5.69 Å². The third-order valence-corrected chi connectivity index (χ3v) is 2.76. The Labute approximate surface area is 107 Å². The molecule has 1 rings (SSSR count). The third-order valence-electron chi connectivity index (χ3n) is 2.76. The number of nitro groups is 1. The summed E-state index contributed by atoms with van der Waals surface area (Å²) in [5, 5.41) is 13.8. The lowest BCUT2D eigenvalue weighted by molar-refractivity contribution is -0.384. The minimum atomic E-state index is -0.396. The fourth-order valence-electron chi connectivity index (χ4n) is 1.73. The normalized spacial score (nSPS) is 12.3. The fourth-order valence-corrected chi connectivity index (χ4v) is 1.73. The molecule has 0 amide bonds. The van der Waals surface area contributed by atoms with Crippen LogP contribution in [0.4, 0.5) is 5.69 Å². The van der Waals surface area contributed by atoms with Crippen molar-refractivity contribution in [2.24, 2.45) is 17.4 Å². The number of benzene rings is 1. The van der Waals surface area contributed by atoms with Crippen molar-refractivity contribution in [1.82, 2.24) is 5.32 Å². The van der Waals surface area contributed by atoms with E-state index in [0.29, 0.717) is 19.0 Å². The Hall–Kier alpha value is -1.50. The lowest BCUT2D eigenvalue weighted by Crippen LogP contribution is -2.32. The smallest absolute Gasteiger partial charge is 0.269 e.